The van der Waals surface area contributed by atoms with E-state index in [1.165, 1.54) is 0 Å². The third-order valence-corrected chi connectivity index (χ3v) is 7.08. The van der Waals surface area contributed by atoms with Crippen molar-refractivity contribution in [3.8, 4) is 22.5 Å². The molecule has 0 radical (unpaired) electrons. The predicted octanol–water partition coefficient (Wildman–Crippen LogP) is 3.13. The molecule has 11 heteroatoms. The summed E-state index contributed by atoms with van der Waals surface area (Å²) in [6.07, 6.45) is -0.0576. The fourth-order valence-corrected chi connectivity index (χ4v) is 5.02. The van der Waals surface area contributed by atoms with Crippen LogP contribution < -0.4 is 21.5 Å². The Kier molecular flexibility index (Phi) is 6.92. The van der Waals surface area contributed by atoms with E-state index in [2.05, 4.69) is 33.2 Å². The Hall–Kier alpha value is -3.33. The first-order valence-electron chi connectivity index (χ1n) is 11.1. The van der Waals surface area contributed by atoms with Gasteiger partial charge in [-0.15, -0.1) is 0 Å². The molecule has 1 amide bonds. The van der Waals surface area contributed by atoms with Crippen LogP contribution in [0.25, 0.3) is 21.5 Å². The number of hydrogen-bond acceptors (Lipinski definition) is 10. The Labute approximate surface area is 202 Å². The van der Waals surface area contributed by atoms with Crippen LogP contribution >= 0.6 is 11.3 Å². The quantitative estimate of drug-likeness (QED) is 0.431. The van der Waals surface area contributed by atoms with Crippen molar-refractivity contribution < 1.29 is 13.9 Å². The Bertz CT molecular complexity index is 1230. The van der Waals surface area contributed by atoms with Gasteiger partial charge in [-0.1, -0.05) is 11.3 Å². The number of nitrogen functional groups attached to an aromatic ring is 1. The smallest absolute Gasteiger partial charge is 0.410 e. The average Bonchev–Trinajstić information content (AvgIpc) is 3.29. The first-order chi connectivity index (χ1) is 16.3. The van der Waals surface area contributed by atoms with Crippen molar-refractivity contribution in [1.82, 2.24) is 14.8 Å². The average molecular weight is 484 g/mol. The molecule has 34 heavy (non-hydrogen) atoms. The number of anilines is 2. The summed E-state index contributed by atoms with van der Waals surface area (Å²) in [6, 6.07) is 4.14. The van der Waals surface area contributed by atoms with E-state index >= 15 is 0 Å². The van der Waals surface area contributed by atoms with Gasteiger partial charge in [-0.2, -0.15) is 5.26 Å². The van der Waals surface area contributed by atoms with Crippen LogP contribution in [0.3, 0.4) is 0 Å². The number of carbonyl (C=O) groups is 1. The van der Waals surface area contributed by atoms with Gasteiger partial charge in [0.2, 0.25) is 5.06 Å². The summed E-state index contributed by atoms with van der Waals surface area (Å²) in [7, 11) is 2.14. The van der Waals surface area contributed by atoms with Crippen LogP contribution in [0.15, 0.2) is 10.5 Å². The maximum Gasteiger partial charge on any atom is 0.410 e. The van der Waals surface area contributed by atoms with Gasteiger partial charge in [0.25, 0.3) is 0 Å². The van der Waals surface area contributed by atoms with Gasteiger partial charge in [0.15, 0.2) is 0 Å². The van der Waals surface area contributed by atoms with Crippen LogP contribution in [0.1, 0.15) is 23.3 Å². The molecule has 0 unspecified atom stereocenters. The standard InChI is InChI=1S/C23H29N7O3S/c1-13-11-16(32-14(13)2)17-15(12-24)20(27-5-4-6-30-9-7-29(3)8-10-30)28-21-18(17)19(25)22(34-21)33-23(26)31/h11H,4-10,25H2,1-3H3,(H2,26,31)(H,27,28). The first-order valence-corrected chi connectivity index (χ1v) is 12.0. The second-order valence-corrected chi connectivity index (χ2v) is 9.46. The summed E-state index contributed by atoms with van der Waals surface area (Å²) >= 11 is 1.10. The maximum atomic E-state index is 11.4. The van der Waals surface area contributed by atoms with Gasteiger partial charge in [-0.3, -0.25) is 0 Å². The van der Waals surface area contributed by atoms with E-state index in [0.717, 1.165) is 61.8 Å². The molecule has 10 nitrogen and oxygen atoms in total. The van der Waals surface area contributed by atoms with Gasteiger partial charge in [0, 0.05) is 32.7 Å². The molecule has 0 aliphatic carbocycles. The van der Waals surface area contributed by atoms with Crippen molar-refractivity contribution in [1.29, 1.82) is 5.26 Å². The van der Waals surface area contributed by atoms with Crippen LogP contribution in [0, 0.1) is 25.2 Å². The Morgan fingerprint density at radius 2 is 2.09 bits per heavy atom. The van der Waals surface area contributed by atoms with Crippen molar-refractivity contribution in [3.05, 3.63) is 23.0 Å². The third-order valence-electron chi connectivity index (χ3n) is 6.10. The fraction of sp³-hybridized carbons (Fsp3) is 0.435. The summed E-state index contributed by atoms with van der Waals surface area (Å²) < 4.78 is 11.1. The molecule has 4 heterocycles. The van der Waals surface area contributed by atoms with Crippen LogP contribution in [0.2, 0.25) is 0 Å². The van der Waals surface area contributed by atoms with E-state index in [1.54, 1.807) is 0 Å². The summed E-state index contributed by atoms with van der Waals surface area (Å²) in [5.74, 6) is 1.70. The SMILES string of the molecule is Cc1cc(-c2c(C#N)c(NCCCN3CCN(C)CC3)nc3sc(OC(N)=O)c(N)c23)oc1C. The molecule has 1 saturated heterocycles. The lowest BCUT2D eigenvalue weighted by atomic mass is 10.0. The molecule has 5 N–H and O–H groups in total. The number of furan rings is 1. The lowest BCUT2D eigenvalue weighted by Gasteiger charge is -2.32. The first kappa shape index (κ1) is 23.8. The zero-order valence-electron chi connectivity index (χ0n) is 19.6. The number of primary amides is 1. The number of aromatic nitrogens is 1. The maximum absolute atomic E-state index is 11.4. The number of likely N-dealkylation sites (N-methyl/N-ethyl adjacent to an activating group) is 1. The number of nitrogens with zero attached hydrogens (tertiary/aromatic N) is 4. The molecule has 0 spiro atoms. The summed E-state index contributed by atoms with van der Waals surface area (Å²) in [6.45, 7) is 9.68. The molecule has 0 aromatic carbocycles. The highest BCUT2D eigenvalue weighted by Gasteiger charge is 2.26. The van der Waals surface area contributed by atoms with E-state index in [4.69, 9.17) is 20.6 Å². The van der Waals surface area contributed by atoms with Crippen molar-refractivity contribution in [2.45, 2.75) is 20.3 Å². The van der Waals surface area contributed by atoms with Crippen LogP contribution in [0.5, 0.6) is 5.06 Å². The molecule has 1 aliphatic heterocycles. The Balaban J connectivity index is 1.67. The number of piperazine rings is 1. The van der Waals surface area contributed by atoms with E-state index in [-0.39, 0.29) is 10.8 Å². The minimum Gasteiger partial charge on any atom is -0.461 e. The molecule has 3 aromatic rings. The fourth-order valence-electron chi connectivity index (χ4n) is 4.06. The van der Waals surface area contributed by atoms with Gasteiger partial charge in [-0.05, 0) is 45.5 Å². The van der Waals surface area contributed by atoms with Gasteiger partial charge in [0.1, 0.15) is 33.8 Å². The number of carbonyl (C=O) groups excluding carboxylic acids is 1. The molecule has 0 bridgehead atoms. The van der Waals surface area contributed by atoms with Crippen LogP contribution in [-0.2, 0) is 0 Å². The second-order valence-electron chi connectivity index (χ2n) is 8.50. The number of nitrogens with one attached hydrogen (secondary N) is 1. The van der Waals surface area contributed by atoms with Gasteiger partial charge in [-0.25, -0.2) is 9.78 Å². The van der Waals surface area contributed by atoms with Crippen molar-refractivity contribution >= 4 is 39.2 Å². The highest BCUT2D eigenvalue weighted by atomic mass is 32.1. The highest BCUT2D eigenvalue weighted by molar-refractivity contribution is 7.21. The number of amides is 1. The molecule has 3 aromatic heterocycles. The number of thiophene rings is 1. The number of nitriles is 1. The number of rotatable bonds is 7. The lowest BCUT2D eigenvalue weighted by molar-refractivity contribution is 0.154. The topological polar surface area (TPSA) is 147 Å². The molecule has 1 fully saturated rings. The molecule has 4 rings (SSSR count). The summed E-state index contributed by atoms with van der Waals surface area (Å²) in [5, 5.41) is 14.1. The van der Waals surface area contributed by atoms with Gasteiger partial charge in [0.05, 0.1) is 16.6 Å². The number of nitrogens with two attached hydrogens (primary N) is 2. The Morgan fingerprint density at radius 3 is 2.71 bits per heavy atom. The van der Waals surface area contributed by atoms with Crippen LogP contribution in [0.4, 0.5) is 16.3 Å². The number of aryl methyl sites for hydroxylation is 2. The van der Waals surface area contributed by atoms with E-state index in [9.17, 15) is 10.1 Å². The number of ether oxygens (including phenoxy) is 1. The normalized spacial score (nSPS) is 14.9. The monoisotopic (exact) mass is 483 g/mol. The molecule has 0 atom stereocenters. The largest absolute Gasteiger partial charge is 0.461 e. The number of fused-ring (bicyclic) bond motifs is 1. The molecule has 1 aliphatic rings. The van der Waals surface area contributed by atoms with Crippen molar-refractivity contribution in [3.63, 3.8) is 0 Å². The predicted molar refractivity (Wildman–Crippen MR) is 133 cm³/mol. The highest BCUT2D eigenvalue weighted by Crippen LogP contribution is 2.47. The van der Waals surface area contributed by atoms with E-state index in [1.807, 2.05) is 19.9 Å². The minimum atomic E-state index is -0.966. The number of pyridine rings is 1. The van der Waals surface area contributed by atoms with E-state index in [0.29, 0.717) is 39.5 Å². The van der Waals surface area contributed by atoms with E-state index < -0.39 is 6.09 Å². The zero-order valence-corrected chi connectivity index (χ0v) is 20.4. The zero-order chi connectivity index (χ0) is 24.4. The second kappa shape index (κ2) is 9.89. The molecule has 0 saturated carbocycles. The van der Waals surface area contributed by atoms with Crippen molar-refractivity contribution in [2.75, 3.05) is 57.4 Å². The van der Waals surface area contributed by atoms with Gasteiger partial charge < -0.3 is 35.7 Å². The summed E-state index contributed by atoms with van der Waals surface area (Å²) in [5.41, 5.74) is 13.5. The third kappa shape index (κ3) is 4.79. The van der Waals surface area contributed by atoms with Crippen molar-refractivity contribution in [2.24, 2.45) is 5.73 Å². The molecule has 180 valence electrons. The molecular weight excluding hydrogens is 454 g/mol. The minimum absolute atomic E-state index is 0.146. The molecular formula is C23H29N7O3S. The van der Waals surface area contributed by atoms with Gasteiger partial charge >= 0.3 is 6.09 Å². The lowest BCUT2D eigenvalue weighted by Crippen LogP contribution is -2.44. The number of hydrogen-bond donors (Lipinski definition) is 3. The summed E-state index contributed by atoms with van der Waals surface area (Å²) in [4.78, 5) is 21.3. The van der Waals surface area contributed by atoms with Crippen LogP contribution in [-0.4, -0.2) is 67.2 Å². The Morgan fingerprint density at radius 1 is 1.35 bits per heavy atom.